The lowest BCUT2D eigenvalue weighted by Gasteiger charge is -2.25. The minimum atomic E-state index is -3.51. The highest BCUT2D eigenvalue weighted by Gasteiger charge is 2.32. The van der Waals surface area contributed by atoms with Gasteiger partial charge in [0.05, 0.1) is 17.1 Å². The third-order valence-corrected chi connectivity index (χ3v) is 7.39. The second-order valence-electron chi connectivity index (χ2n) is 6.55. The van der Waals surface area contributed by atoms with Crippen molar-refractivity contribution in [3.8, 4) is 0 Å². The Morgan fingerprint density at radius 1 is 1.28 bits per heavy atom. The van der Waals surface area contributed by atoms with E-state index in [1.54, 1.807) is 24.3 Å². The summed E-state index contributed by atoms with van der Waals surface area (Å²) in [5.41, 5.74) is 1.92. The number of rotatable bonds is 4. The molecule has 1 saturated carbocycles. The van der Waals surface area contributed by atoms with E-state index in [0.717, 1.165) is 29.0 Å². The van der Waals surface area contributed by atoms with Crippen LogP contribution in [0.4, 0.5) is 5.13 Å². The lowest BCUT2D eigenvalue weighted by Crippen LogP contribution is -2.35. The van der Waals surface area contributed by atoms with Crippen LogP contribution >= 0.6 is 11.3 Å². The molecule has 8 heteroatoms. The molecule has 0 bridgehead atoms. The Kier molecular flexibility index (Phi) is 4.13. The highest BCUT2D eigenvalue weighted by atomic mass is 32.2. The molecule has 1 aliphatic carbocycles. The number of aromatic nitrogens is 1. The van der Waals surface area contributed by atoms with E-state index in [9.17, 15) is 13.2 Å². The number of hydrogen-bond donors (Lipinski definition) is 1. The Hall–Kier alpha value is -1.77. The average Bonchev–Trinajstić information content (AvgIpc) is 3.35. The summed E-state index contributed by atoms with van der Waals surface area (Å²) in [7, 11) is -3.51. The van der Waals surface area contributed by atoms with E-state index in [0.29, 0.717) is 29.5 Å². The van der Waals surface area contributed by atoms with Crippen LogP contribution in [-0.4, -0.2) is 30.2 Å². The van der Waals surface area contributed by atoms with Gasteiger partial charge in [0, 0.05) is 23.8 Å². The number of amides is 1. The van der Waals surface area contributed by atoms with Crippen molar-refractivity contribution in [2.75, 3.05) is 11.9 Å². The standard InChI is InChI=1S/C17H19N3O3S2/c1-11-2-6-13(7-3-11)25(22,23)20-9-8-14-15(10-20)24-17(18-14)19-16(21)12-4-5-12/h2-3,6-7,12H,4-5,8-10H2,1H3,(H,18,19,21). The first-order valence-corrected chi connectivity index (χ1v) is 10.6. The maximum Gasteiger partial charge on any atom is 0.243 e. The predicted molar refractivity (Wildman–Crippen MR) is 95.9 cm³/mol. The molecule has 2 heterocycles. The highest BCUT2D eigenvalue weighted by molar-refractivity contribution is 7.89. The molecule has 25 heavy (non-hydrogen) atoms. The molecule has 0 atom stereocenters. The second kappa shape index (κ2) is 6.19. The summed E-state index contributed by atoms with van der Waals surface area (Å²) in [6.07, 6.45) is 2.45. The van der Waals surface area contributed by atoms with Gasteiger partial charge in [-0.2, -0.15) is 4.31 Å². The maximum atomic E-state index is 12.8. The number of anilines is 1. The van der Waals surface area contributed by atoms with Crippen LogP contribution in [0.25, 0.3) is 0 Å². The van der Waals surface area contributed by atoms with Gasteiger partial charge in [-0.1, -0.05) is 17.7 Å². The number of aryl methyl sites for hydroxylation is 1. The number of nitrogens with one attached hydrogen (secondary N) is 1. The monoisotopic (exact) mass is 377 g/mol. The van der Waals surface area contributed by atoms with E-state index in [1.807, 2.05) is 6.92 Å². The van der Waals surface area contributed by atoms with Gasteiger partial charge in [-0.3, -0.25) is 4.79 Å². The van der Waals surface area contributed by atoms with Gasteiger partial charge in [0.15, 0.2) is 5.13 Å². The third kappa shape index (κ3) is 3.33. The van der Waals surface area contributed by atoms with Crippen LogP contribution in [0.5, 0.6) is 0 Å². The van der Waals surface area contributed by atoms with E-state index in [-0.39, 0.29) is 11.8 Å². The fourth-order valence-electron chi connectivity index (χ4n) is 2.84. The molecule has 6 nitrogen and oxygen atoms in total. The Bertz CT molecular complexity index is 915. The summed E-state index contributed by atoms with van der Waals surface area (Å²) >= 11 is 1.38. The first kappa shape index (κ1) is 16.7. The predicted octanol–water partition coefficient (Wildman–Crippen LogP) is 2.55. The molecule has 2 aromatic rings. The van der Waals surface area contributed by atoms with Gasteiger partial charge in [-0.25, -0.2) is 13.4 Å². The van der Waals surface area contributed by atoms with Crippen molar-refractivity contribution in [2.45, 2.75) is 37.6 Å². The van der Waals surface area contributed by atoms with Gasteiger partial charge in [0.2, 0.25) is 15.9 Å². The Morgan fingerprint density at radius 3 is 2.68 bits per heavy atom. The zero-order valence-corrected chi connectivity index (χ0v) is 15.5. The maximum absolute atomic E-state index is 12.8. The number of thiazole rings is 1. The molecular formula is C17H19N3O3S2. The van der Waals surface area contributed by atoms with Crippen LogP contribution in [0.3, 0.4) is 0 Å². The molecule has 132 valence electrons. The summed E-state index contributed by atoms with van der Waals surface area (Å²) in [5.74, 6) is 0.148. The van der Waals surface area contributed by atoms with Crippen LogP contribution < -0.4 is 5.32 Å². The largest absolute Gasteiger partial charge is 0.302 e. The molecule has 1 N–H and O–H groups in total. The van der Waals surface area contributed by atoms with Crippen LogP contribution in [0.1, 0.15) is 29.0 Å². The zero-order valence-electron chi connectivity index (χ0n) is 13.9. The molecule has 1 aliphatic heterocycles. The van der Waals surface area contributed by atoms with E-state index in [2.05, 4.69) is 10.3 Å². The molecule has 2 aliphatic rings. The van der Waals surface area contributed by atoms with Gasteiger partial charge in [-0.15, -0.1) is 11.3 Å². The molecule has 1 amide bonds. The SMILES string of the molecule is Cc1ccc(S(=O)(=O)N2CCc3nc(NC(=O)C4CC4)sc3C2)cc1. The summed E-state index contributed by atoms with van der Waals surface area (Å²) in [5, 5.41) is 3.43. The van der Waals surface area contributed by atoms with Crippen LogP contribution in [0, 0.1) is 12.8 Å². The molecule has 0 radical (unpaired) electrons. The minimum Gasteiger partial charge on any atom is -0.302 e. The topological polar surface area (TPSA) is 79.4 Å². The number of carbonyl (C=O) groups is 1. The van der Waals surface area contributed by atoms with E-state index in [1.165, 1.54) is 15.6 Å². The van der Waals surface area contributed by atoms with Crippen LogP contribution in [0.2, 0.25) is 0 Å². The van der Waals surface area contributed by atoms with Crippen LogP contribution in [0.15, 0.2) is 29.2 Å². The third-order valence-electron chi connectivity index (χ3n) is 4.53. The molecule has 0 unspecified atom stereocenters. The number of hydrogen-bond acceptors (Lipinski definition) is 5. The fraction of sp³-hybridized carbons (Fsp3) is 0.412. The van der Waals surface area contributed by atoms with Crippen molar-refractivity contribution >= 4 is 32.4 Å². The van der Waals surface area contributed by atoms with Gasteiger partial charge in [-0.05, 0) is 31.9 Å². The van der Waals surface area contributed by atoms with Crippen LogP contribution in [-0.2, 0) is 27.8 Å². The molecule has 0 saturated heterocycles. The summed E-state index contributed by atoms with van der Waals surface area (Å²) in [6.45, 7) is 2.64. The van der Waals surface area contributed by atoms with Crippen molar-refractivity contribution in [2.24, 2.45) is 5.92 Å². The molecule has 1 fully saturated rings. The second-order valence-corrected chi connectivity index (χ2v) is 9.58. The minimum absolute atomic E-state index is 0.0234. The molecule has 1 aromatic carbocycles. The number of fused-ring (bicyclic) bond motifs is 1. The van der Waals surface area contributed by atoms with E-state index in [4.69, 9.17) is 0 Å². The normalized spacial score (nSPS) is 18.0. The summed E-state index contributed by atoms with van der Waals surface area (Å²) < 4.78 is 27.2. The number of sulfonamides is 1. The van der Waals surface area contributed by atoms with Gasteiger partial charge < -0.3 is 5.32 Å². The number of benzene rings is 1. The molecule has 4 rings (SSSR count). The quantitative estimate of drug-likeness (QED) is 0.888. The van der Waals surface area contributed by atoms with Crippen molar-refractivity contribution in [1.29, 1.82) is 0 Å². The lowest BCUT2D eigenvalue weighted by atomic mass is 10.2. The van der Waals surface area contributed by atoms with E-state index < -0.39 is 10.0 Å². The lowest BCUT2D eigenvalue weighted by molar-refractivity contribution is -0.117. The number of carbonyl (C=O) groups excluding carboxylic acids is 1. The number of nitrogens with zero attached hydrogens (tertiary/aromatic N) is 2. The fourth-order valence-corrected chi connectivity index (χ4v) is 5.36. The van der Waals surface area contributed by atoms with E-state index >= 15 is 0 Å². The average molecular weight is 377 g/mol. The molecular weight excluding hydrogens is 358 g/mol. The highest BCUT2D eigenvalue weighted by Crippen LogP contribution is 2.34. The summed E-state index contributed by atoms with van der Waals surface area (Å²) in [4.78, 5) is 17.6. The van der Waals surface area contributed by atoms with Crippen molar-refractivity contribution in [3.63, 3.8) is 0 Å². The van der Waals surface area contributed by atoms with Gasteiger partial charge in [0.1, 0.15) is 0 Å². The van der Waals surface area contributed by atoms with Crippen molar-refractivity contribution in [1.82, 2.24) is 9.29 Å². The Balaban J connectivity index is 1.53. The van der Waals surface area contributed by atoms with Gasteiger partial charge >= 0.3 is 0 Å². The molecule has 1 aromatic heterocycles. The summed E-state index contributed by atoms with van der Waals surface area (Å²) in [6, 6.07) is 6.91. The zero-order chi connectivity index (χ0) is 17.6. The Morgan fingerprint density at radius 2 is 2.00 bits per heavy atom. The van der Waals surface area contributed by atoms with Gasteiger partial charge in [0.25, 0.3) is 0 Å². The first-order valence-electron chi connectivity index (χ1n) is 8.30. The molecule has 0 spiro atoms. The Labute approximate surface area is 150 Å². The van der Waals surface area contributed by atoms with Crippen molar-refractivity contribution in [3.05, 3.63) is 40.4 Å². The first-order chi connectivity index (χ1) is 11.9. The smallest absolute Gasteiger partial charge is 0.243 e. The van der Waals surface area contributed by atoms with Crippen molar-refractivity contribution < 1.29 is 13.2 Å².